The van der Waals surface area contributed by atoms with Gasteiger partial charge in [0.1, 0.15) is 5.75 Å². The highest BCUT2D eigenvalue weighted by Crippen LogP contribution is 2.15. The molecule has 0 fully saturated rings. The number of nitroso groups, excluding NO2 is 1. The summed E-state index contributed by atoms with van der Waals surface area (Å²) in [6.07, 6.45) is 0. The Morgan fingerprint density at radius 1 is 0.962 bits per heavy atom. The normalized spacial score (nSPS) is 10.2. The lowest BCUT2D eigenvalue weighted by Gasteiger charge is -2.20. The summed E-state index contributed by atoms with van der Waals surface area (Å²) in [6.45, 7) is -0.229. The number of aliphatic hydroxyl groups excluding tert-OH is 1. The van der Waals surface area contributed by atoms with E-state index >= 15 is 0 Å². The molecule has 0 spiro atoms. The van der Waals surface area contributed by atoms with Gasteiger partial charge in [-0.1, -0.05) is 35.5 Å². The summed E-state index contributed by atoms with van der Waals surface area (Å²) in [4.78, 5) is 35.9. The van der Waals surface area contributed by atoms with Crippen molar-refractivity contribution in [2.24, 2.45) is 5.18 Å². The van der Waals surface area contributed by atoms with Gasteiger partial charge in [-0.15, -0.1) is 0 Å². The van der Waals surface area contributed by atoms with E-state index < -0.39 is 0 Å². The molecule has 7 heteroatoms. The quantitative estimate of drug-likeness (QED) is 0.518. The van der Waals surface area contributed by atoms with E-state index in [0.29, 0.717) is 16.9 Å². The molecule has 2 rings (SSSR count). The molecule has 0 radical (unpaired) electrons. The SMILES string of the molecule is O=NCCN(CCO)C(=O)COc1ccc(C(=O)c2ccccc2)cc1. The minimum Gasteiger partial charge on any atom is -0.484 e. The maximum absolute atomic E-state index is 12.3. The van der Waals surface area contributed by atoms with E-state index in [0.717, 1.165) is 0 Å². The highest BCUT2D eigenvalue weighted by Gasteiger charge is 2.14. The number of benzene rings is 2. The lowest BCUT2D eigenvalue weighted by atomic mass is 10.0. The summed E-state index contributed by atoms with van der Waals surface area (Å²) in [7, 11) is 0. The van der Waals surface area contributed by atoms with Crippen LogP contribution in [0.25, 0.3) is 0 Å². The van der Waals surface area contributed by atoms with Crippen LogP contribution in [0, 0.1) is 4.91 Å². The zero-order valence-corrected chi connectivity index (χ0v) is 14.2. The average molecular weight is 356 g/mol. The Morgan fingerprint density at radius 3 is 2.23 bits per heavy atom. The maximum Gasteiger partial charge on any atom is 0.260 e. The van der Waals surface area contributed by atoms with E-state index in [9.17, 15) is 14.5 Å². The predicted molar refractivity (Wildman–Crippen MR) is 96.1 cm³/mol. The third kappa shape index (κ3) is 5.49. The molecule has 1 amide bonds. The molecule has 0 atom stereocenters. The van der Waals surface area contributed by atoms with Crippen molar-refractivity contribution in [3.63, 3.8) is 0 Å². The van der Waals surface area contributed by atoms with Crippen molar-refractivity contribution < 1.29 is 19.4 Å². The number of aliphatic hydroxyl groups is 1. The Balaban J connectivity index is 1.93. The fraction of sp³-hybridized carbons (Fsp3) is 0.263. The van der Waals surface area contributed by atoms with E-state index in [4.69, 9.17) is 9.84 Å². The highest BCUT2D eigenvalue weighted by atomic mass is 16.5. The fourth-order valence-electron chi connectivity index (χ4n) is 2.34. The summed E-state index contributed by atoms with van der Waals surface area (Å²) in [6, 6.07) is 15.4. The third-order valence-corrected chi connectivity index (χ3v) is 3.70. The molecule has 0 aromatic heterocycles. The third-order valence-electron chi connectivity index (χ3n) is 3.70. The van der Waals surface area contributed by atoms with E-state index in [1.165, 1.54) is 4.90 Å². The smallest absolute Gasteiger partial charge is 0.260 e. The van der Waals surface area contributed by atoms with Crippen molar-refractivity contribution in [3.8, 4) is 5.75 Å². The summed E-state index contributed by atoms with van der Waals surface area (Å²) in [5.74, 6) is -0.00345. The van der Waals surface area contributed by atoms with E-state index in [1.807, 2.05) is 6.07 Å². The molecule has 0 saturated heterocycles. The average Bonchev–Trinajstić information content (AvgIpc) is 2.69. The van der Waals surface area contributed by atoms with Gasteiger partial charge in [0.05, 0.1) is 13.2 Å². The van der Waals surface area contributed by atoms with Gasteiger partial charge in [-0.2, -0.15) is 4.91 Å². The van der Waals surface area contributed by atoms with Crippen LogP contribution >= 0.6 is 0 Å². The largest absolute Gasteiger partial charge is 0.484 e. The molecule has 2 aromatic carbocycles. The Kier molecular flexibility index (Phi) is 7.45. The topological polar surface area (TPSA) is 96.3 Å². The first kappa shape index (κ1) is 19.3. The second-order valence-corrected chi connectivity index (χ2v) is 5.47. The zero-order chi connectivity index (χ0) is 18.8. The van der Waals surface area contributed by atoms with Gasteiger partial charge in [0, 0.05) is 24.2 Å². The van der Waals surface area contributed by atoms with Gasteiger partial charge in [-0.25, -0.2) is 0 Å². The molecule has 0 bridgehead atoms. The number of carbonyl (C=O) groups excluding carboxylic acids is 2. The van der Waals surface area contributed by atoms with Crippen molar-refractivity contribution in [2.75, 3.05) is 32.8 Å². The molecule has 0 aliphatic heterocycles. The van der Waals surface area contributed by atoms with Crippen LogP contribution in [0.15, 0.2) is 59.8 Å². The van der Waals surface area contributed by atoms with E-state index in [2.05, 4.69) is 5.18 Å². The summed E-state index contributed by atoms with van der Waals surface area (Å²) in [5, 5.41) is 11.7. The molecule has 26 heavy (non-hydrogen) atoms. The standard InChI is InChI=1S/C19H20N2O5/c22-13-12-21(11-10-20-25)18(23)14-26-17-8-6-16(7-9-17)19(24)15-4-2-1-3-5-15/h1-9,22H,10-14H2. The Hall–Kier alpha value is -3.06. The number of nitrogens with zero attached hydrogens (tertiary/aromatic N) is 2. The molecule has 0 aliphatic carbocycles. The minimum absolute atomic E-state index is 0.0396. The van der Waals surface area contributed by atoms with Crippen LogP contribution in [-0.4, -0.2) is 54.5 Å². The second-order valence-electron chi connectivity index (χ2n) is 5.47. The van der Waals surface area contributed by atoms with Crippen molar-refractivity contribution in [3.05, 3.63) is 70.6 Å². The molecule has 136 valence electrons. The van der Waals surface area contributed by atoms with Crippen LogP contribution in [0.2, 0.25) is 0 Å². The number of ketones is 1. The lowest BCUT2D eigenvalue weighted by molar-refractivity contribution is -0.133. The van der Waals surface area contributed by atoms with E-state index in [-0.39, 0.29) is 44.5 Å². The number of rotatable bonds is 10. The highest BCUT2D eigenvalue weighted by molar-refractivity contribution is 6.08. The zero-order valence-electron chi connectivity index (χ0n) is 14.2. The molecule has 0 saturated carbocycles. The molecule has 0 aliphatic rings. The van der Waals surface area contributed by atoms with Crippen LogP contribution in [0.1, 0.15) is 15.9 Å². The first-order chi connectivity index (χ1) is 12.7. The molecule has 0 unspecified atom stereocenters. The fourth-order valence-corrected chi connectivity index (χ4v) is 2.34. The number of hydrogen-bond donors (Lipinski definition) is 1. The van der Waals surface area contributed by atoms with Crippen molar-refractivity contribution in [1.29, 1.82) is 0 Å². The molecule has 2 aromatic rings. The van der Waals surface area contributed by atoms with Gasteiger partial charge in [-0.05, 0) is 24.3 Å². The van der Waals surface area contributed by atoms with Gasteiger partial charge in [0.2, 0.25) is 0 Å². The van der Waals surface area contributed by atoms with Gasteiger partial charge in [0.25, 0.3) is 5.91 Å². The van der Waals surface area contributed by atoms with E-state index in [1.54, 1.807) is 48.5 Å². The van der Waals surface area contributed by atoms with Gasteiger partial charge < -0.3 is 14.7 Å². The van der Waals surface area contributed by atoms with Crippen LogP contribution in [0.5, 0.6) is 5.75 Å². The van der Waals surface area contributed by atoms with Crippen LogP contribution in [0.4, 0.5) is 0 Å². The summed E-state index contributed by atoms with van der Waals surface area (Å²) in [5.41, 5.74) is 1.12. The van der Waals surface area contributed by atoms with Gasteiger partial charge in [0.15, 0.2) is 12.4 Å². The van der Waals surface area contributed by atoms with Crippen molar-refractivity contribution >= 4 is 11.7 Å². The molecular weight excluding hydrogens is 336 g/mol. The van der Waals surface area contributed by atoms with Crippen LogP contribution in [0.3, 0.4) is 0 Å². The predicted octanol–water partition coefficient (Wildman–Crippen LogP) is 1.88. The van der Waals surface area contributed by atoms with Crippen molar-refractivity contribution in [2.45, 2.75) is 0 Å². The molecule has 0 heterocycles. The first-order valence-electron chi connectivity index (χ1n) is 8.16. The summed E-state index contributed by atoms with van der Waals surface area (Å²) >= 11 is 0. The van der Waals surface area contributed by atoms with Gasteiger partial charge in [-0.3, -0.25) is 9.59 Å². The monoisotopic (exact) mass is 356 g/mol. The van der Waals surface area contributed by atoms with Crippen molar-refractivity contribution in [1.82, 2.24) is 4.90 Å². The lowest BCUT2D eigenvalue weighted by Crippen LogP contribution is -2.38. The number of ether oxygens (including phenoxy) is 1. The second kappa shape index (κ2) is 10.0. The molecule has 1 N–H and O–H groups in total. The first-order valence-corrected chi connectivity index (χ1v) is 8.16. The molecular formula is C19H20N2O5. The van der Waals surface area contributed by atoms with Crippen LogP contribution < -0.4 is 4.74 Å². The number of carbonyl (C=O) groups is 2. The number of amides is 1. The van der Waals surface area contributed by atoms with Crippen LogP contribution in [-0.2, 0) is 4.79 Å². The summed E-state index contributed by atoms with van der Waals surface area (Å²) < 4.78 is 5.42. The number of hydrogen-bond acceptors (Lipinski definition) is 6. The Bertz CT molecular complexity index is 731. The van der Waals surface area contributed by atoms with Gasteiger partial charge >= 0.3 is 0 Å². The Morgan fingerprint density at radius 2 is 1.62 bits per heavy atom. The Labute approximate surface area is 151 Å². The molecule has 7 nitrogen and oxygen atoms in total. The maximum atomic E-state index is 12.3. The minimum atomic E-state index is -0.355.